The van der Waals surface area contributed by atoms with Crippen molar-refractivity contribution < 1.29 is 14.0 Å². The summed E-state index contributed by atoms with van der Waals surface area (Å²) >= 11 is 0. The van der Waals surface area contributed by atoms with Crippen LogP contribution in [-0.2, 0) is 41.9 Å². The van der Waals surface area contributed by atoms with E-state index in [1.54, 1.807) is 6.26 Å². The molecule has 2 amide bonds. The fraction of sp³-hybridized carbons (Fsp3) is 0.286. The van der Waals surface area contributed by atoms with Crippen LogP contribution in [0.5, 0.6) is 0 Å². The predicted octanol–water partition coefficient (Wildman–Crippen LogP) is 4.01. The summed E-state index contributed by atoms with van der Waals surface area (Å²) in [7, 11) is 0. The molecule has 1 atom stereocenters. The van der Waals surface area contributed by atoms with Crippen LogP contribution in [0, 0.1) is 5.92 Å². The molecule has 34 heavy (non-hydrogen) atoms. The maximum absolute atomic E-state index is 12.8. The van der Waals surface area contributed by atoms with Gasteiger partial charge < -0.3 is 19.6 Å². The number of hydrogen-bond acceptors (Lipinski definition) is 3. The van der Waals surface area contributed by atoms with Gasteiger partial charge in [0, 0.05) is 29.1 Å². The van der Waals surface area contributed by atoms with Crippen LogP contribution in [0.25, 0.3) is 10.9 Å². The van der Waals surface area contributed by atoms with Gasteiger partial charge in [0.05, 0.1) is 12.8 Å². The number of aromatic nitrogens is 1. The van der Waals surface area contributed by atoms with Crippen molar-refractivity contribution in [3.8, 4) is 0 Å². The van der Waals surface area contributed by atoms with E-state index in [1.807, 2.05) is 42.5 Å². The molecule has 2 aromatic heterocycles. The minimum atomic E-state index is -0.0820. The van der Waals surface area contributed by atoms with Crippen molar-refractivity contribution in [3.05, 3.63) is 95.6 Å². The second-order valence-electron chi connectivity index (χ2n) is 8.85. The number of carbonyl (C=O) groups excluding carboxylic acids is 2. The molecule has 0 aliphatic heterocycles. The van der Waals surface area contributed by atoms with Crippen LogP contribution in [0.4, 0.5) is 0 Å². The average molecular weight is 456 g/mol. The van der Waals surface area contributed by atoms with E-state index in [9.17, 15) is 9.59 Å². The Morgan fingerprint density at radius 1 is 0.971 bits per heavy atom. The molecule has 2 aromatic carbocycles. The lowest BCUT2D eigenvalue weighted by Gasteiger charge is -2.23. The van der Waals surface area contributed by atoms with Crippen LogP contribution in [0.1, 0.15) is 29.0 Å². The Hall–Kier alpha value is -3.80. The first-order valence-corrected chi connectivity index (χ1v) is 11.9. The Morgan fingerprint density at radius 2 is 1.79 bits per heavy atom. The first kappa shape index (κ1) is 22.0. The number of benzene rings is 2. The number of rotatable bonds is 8. The summed E-state index contributed by atoms with van der Waals surface area (Å²) in [4.78, 5) is 25.6. The molecule has 2 heterocycles. The van der Waals surface area contributed by atoms with E-state index in [0.717, 1.165) is 35.9 Å². The Labute approximate surface area is 199 Å². The SMILES string of the molecule is O=C(Cn1c2c(c3ccccc31)CC(C(=O)NCc1ccco1)CC2)NCCc1ccccc1. The molecular formula is C28H29N3O3. The summed E-state index contributed by atoms with van der Waals surface area (Å²) < 4.78 is 7.46. The van der Waals surface area contributed by atoms with Gasteiger partial charge in [0.2, 0.25) is 11.8 Å². The highest BCUT2D eigenvalue weighted by atomic mass is 16.3. The van der Waals surface area contributed by atoms with E-state index in [0.29, 0.717) is 26.1 Å². The summed E-state index contributed by atoms with van der Waals surface area (Å²) in [5, 5.41) is 7.21. The quantitative estimate of drug-likeness (QED) is 0.421. The molecule has 1 aliphatic rings. The summed E-state index contributed by atoms with van der Waals surface area (Å²) in [6.07, 6.45) is 4.65. The number of nitrogens with zero attached hydrogens (tertiary/aromatic N) is 1. The van der Waals surface area contributed by atoms with E-state index >= 15 is 0 Å². The van der Waals surface area contributed by atoms with Gasteiger partial charge in [-0.2, -0.15) is 0 Å². The van der Waals surface area contributed by atoms with Crippen molar-refractivity contribution in [2.45, 2.75) is 38.8 Å². The molecule has 4 aromatic rings. The Morgan fingerprint density at radius 3 is 2.62 bits per heavy atom. The fourth-order valence-corrected chi connectivity index (χ4v) is 4.93. The summed E-state index contributed by atoms with van der Waals surface area (Å²) in [6, 6.07) is 22.0. The van der Waals surface area contributed by atoms with E-state index in [1.165, 1.54) is 16.8 Å². The van der Waals surface area contributed by atoms with Crippen LogP contribution < -0.4 is 10.6 Å². The normalized spacial score (nSPS) is 15.1. The van der Waals surface area contributed by atoms with Crippen LogP contribution in [0.15, 0.2) is 77.4 Å². The molecule has 2 N–H and O–H groups in total. The van der Waals surface area contributed by atoms with E-state index < -0.39 is 0 Å². The summed E-state index contributed by atoms with van der Waals surface area (Å²) in [5.41, 5.74) is 4.64. The van der Waals surface area contributed by atoms with Gasteiger partial charge in [-0.25, -0.2) is 0 Å². The lowest BCUT2D eigenvalue weighted by Crippen LogP contribution is -2.34. The molecule has 0 spiro atoms. The molecule has 0 saturated heterocycles. The highest BCUT2D eigenvalue weighted by Crippen LogP contribution is 2.34. The second kappa shape index (κ2) is 10.00. The molecule has 5 rings (SSSR count). The number of furan rings is 1. The van der Waals surface area contributed by atoms with Crippen LogP contribution >= 0.6 is 0 Å². The molecule has 6 nitrogen and oxygen atoms in total. The third kappa shape index (κ3) is 4.76. The number of carbonyl (C=O) groups is 2. The highest BCUT2D eigenvalue weighted by Gasteiger charge is 2.29. The van der Waals surface area contributed by atoms with Gasteiger partial charge >= 0.3 is 0 Å². The predicted molar refractivity (Wildman–Crippen MR) is 131 cm³/mol. The molecule has 6 heteroatoms. The lowest BCUT2D eigenvalue weighted by molar-refractivity contribution is -0.125. The number of para-hydroxylation sites is 1. The standard InChI is InChI=1S/C28H29N3O3/c32-27(29-15-14-20-7-2-1-3-8-20)19-31-25-11-5-4-10-23(25)24-17-21(12-13-26(24)31)28(33)30-18-22-9-6-16-34-22/h1-11,16,21H,12-15,17-19H2,(H,29,32)(H,30,33). The molecule has 0 radical (unpaired) electrons. The first-order valence-electron chi connectivity index (χ1n) is 11.9. The topological polar surface area (TPSA) is 76.3 Å². The number of amides is 2. The van der Waals surface area contributed by atoms with Crippen molar-refractivity contribution in [2.24, 2.45) is 5.92 Å². The Kier molecular flexibility index (Phi) is 6.47. The van der Waals surface area contributed by atoms with Gasteiger partial charge in [-0.3, -0.25) is 9.59 Å². The van der Waals surface area contributed by atoms with Crippen molar-refractivity contribution in [1.29, 1.82) is 0 Å². The minimum absolute atomic E-state index is 0.0119. The first-order chi connectivity index (χ1) is 16.7. The van der Waals surface area contributed by atoms with Gasteiger partial charge in [-0.05, 0) is 55.0 Å². The largest absolute Gasteiger partial charge is 0.467 e. The van der Waals surface area contributed by atoms with Gasteiger partial charge in [0.25, 0.3) is 0 Å². The van der Waals surface area contributed by atoms with Crippen LogP contribution in [0.3, 0.4) is 0 Å². The second-order valence-corrected chi connectivity index (χ2v) is 8.85. The molecular weight excluding hydrogens is 426 g/mol. The highest BCUT2D eigenvalue weighted by molar-refractivity contribution is 5.89. The van der Waals surface area contributed by atoms with Crippen molar-refractivity contribution in [3.63, 3.8) is 0 Å². The molecule has 0 bridgehead atoms. The van der Waals surface area contributed by atoms with E-state index in [2.05, 4.69) is 39.5 Å². The maximum Gasteiger partial charge on any atom is 0.239 e. The Bertz CT molecular complexity index is 1280. The van der Waals surface area contributed by atoms with Crippen molar-refractivity contribution in [1.82, 2.24) is 15.2 Å². The Balaban J connectivity index is 1.27. The molecule has 1 unspecified atom stereocenters. The monoisotopic (exact) mass is 455 g/mol. The smallest absolute Gasteiger partial charge is 0.239 e. The fourth-order valence-electron chi connectivity index (χ4n) is 4.93. The summed E-state index contributed by atoms with van der Waals surface area (Å²) in [5.74, 6) is 0.733. The van der Waals surface area contributed by atoms with Crippen LogP contribution in [0.2, 0.25) is 0 Å². The minimum Gasteiger partial charge on any atom is -0.467 e. The zero-order chi connectivity index (χ0) is 23.3. The average Bonchev–Trinajstić information content (AvgIpc) is 3.50. The molecule has 174 valence electrons. The molecule has 1 aliphatic carbocycles. The zero-order valence-electron chi connectivity index (χ0n) is 19.1. The van der Waals surface area contributed by atoms with Crippen LogP contribution in [-0.4, -0.2) is 22.9 Å². The van der Waals surface area contributed by atoms with E-state index in [4.69, 9.17) is 4.42 Å². The number of hydrogen-bond donors (Lipinski definition) is 2. The third-order valence-electron chi connectivity index (χ3n) is 6.64. The van der Waals surface area contributed by atoms with Crippen molar-refractivity contribution in [2.75, 3.05) is 6.54 Å². The maximum atomic E-state index is 12.8. The molecule has 0 fully saturated rings. The van der Waals surface area contributed by atoms with Crippen molar-refractivity contribution >= 4 is 22.7 Å². The van der Waals surface area contributed by atoms with Gasteiger partial charge in [-0.15, -0.1) is 0 Å². The summed E-state index contributed by atoms with van der Waals surface area (Å²) in [6.45, 7) is 1.31. The third-order valence-corrected chi connectivity index (χ3v) is 6.64. The lowest BCUT2D eigenvalue weighted by atomic mass is 9.85. The van der Waals surface area contributed by atoms with Gasteiger partial charge in [-0.1, -0.05) is 48.5 Å². The molecule has 0 saturated carbocycles. The number of nitrogens with one attached hydrogen (secondary N) is 2. The zero-order valence-corrected chi connectivity index (χ0v) is 19.1. The number of fused-ring (bicyclic) bond motifs is 3. The van der Waals surface area contributed by atoms with E-state index in [-0.39, 0.29) is 17.7 Å². The van der Waals surface area contributed by atoms with Gasteiger partial charge in [0.1, 0.15) is 12.3 Å². The van der Waals surface area contributed by atoms with Gasteiger partial charge in [0.15, 0.2) is 0 Å².